The molecule has 0 radical (unpaired) electrons. The van der Waals surface area contributed by atoms with Gasteiger partial charge in [-0.15, -0.1) is 0 Å². The zero-order valence-electron chi connectivity index (χ0n) is 8.83. The molecule has 3 N–H and O–H groups in total. The number of carbonyl (C=O) groups is 2. The first-order valence-corrected chi connectivity index (χ1v) is 4.74. The highest BCUT2D eigenvalue weighted by Crippen LogP contribution is 1.91. The van der Waals surface area contributed by atoms with Gasteiger partial charge in [-0.05, 0) is 12.3 Å². The fourth-order valence-electron chi connectivity index (χ4n) is 0.845. The largest absolute Gasteiger partial charge is 0.480 e. The van der Waals surface area contributed by atoms with Crippen molar-refractivity contribution in [3.63, 3.8) is 0 Å². The lowest BCUT2D eigenvalue weighted by Gasteiger charge is -2.13. The van der Waals surface area contributed by atoms with Gasteiger partial charge in [-0.25, -0.2) is 9.59 Å². The average Bonchev–Trinajstić information content (AvgIpc) is 2.10. The predicted octanol–water partition coefficient (Wildman–Crippen LogP) is 0.805. The standard InChI is InChI=1S/C9H18N2O3/c1-4-7(8(12)13)11-9(14)10-5-6(2)3/h6-7H,4-5H2,1-3H3,(H,12,13)(H2,10,11,14)/t7-/m0/s1. The maximum atomic E-state index is 11.1. The summed E-state index contributed by atoms with van der Waals surface area (Å²) in [5, 5.41) is 13.6. The Labute approximate surface area is 83.9 Å². The summed E-state index contributed by atoms with van der Waals surface area (Å²) in [4.78, 5) is 21.7. The fraction of sp³-hybridized carbons (Fsp3) is 0.778. The maximum Gasteiger partial charge on any atom is 0.326 e. The molecule has 0 saturated heterocycles. The molecule has 0 aliphatic heterocycles. The van der Waals surface area contributed by atoms with Gasteiger partial charge in [-0.1, -0.05) is 20.8 Å². The first-order chi connectivity index (χ1) is 6.47. The summed E-state index contributed by atoms with van der Waals surface area (Å²) in [6.07, 6.45) is 0.379. The van der Waals surface area contributed by atoms with Gasteiger partial charge in [0.2, 0.25) is 0 Å². The normalized spacial score (nSPS) is 12.3. The van der Waals surface area contributed by atoms with Crippen LogP contribution in [0.4, 0.5) is 4.79 Å². The molecule has 0 unspecified atom stereocenters. The highest BCUT2D eigenvalue weighted by Gasteiger charge is 2.16. The molecule has 0 fully saturated rings. The van der Waals surface area contributed by atoms with Crippen LogP contribution >= 0.6 is 0 Å². The molecular formula is C9H18N2O3. The van der Waals surface area contributed by atoms with Crippen LogP contribution in [0.2, 0.25) is 0 Å². The van der Waals surface area contributed by atoms with Crippen molar-refractivity contribution >= 4 is 12.0 Å². The Morgan fingerprint density at radius 3 is 2.29 bits per heavy atom. The van der Waals surface area contributed by atoms with E-state index in [9.17, 15) is 9.59 Å². The van der Waals surface area contributed by atoms with E-state index in [1.165, 1.54) is 0 Å². The van der Waals surface area contributed by atoms with Crippen molar-refractivity contribution in [2.75, 3.05) is 6.54 Å². The molecule has 5 heteroatoms. The zero-order chi connectivity index (χ0) is 11.1. The van der Waals surface area contributed by atoms with Crippen LogP contribution in [0.5, 0.6) is 0 Å². The molecule has 0 aliphatic carbocycles. The van der Waals surface area contributed by atoms with Crippen LogP contribution in [0.3, 0.4) is 0 Å². The van der Waals surface area contributed by atoms with Crippen LogP contribution in [0, 0.1) is 5.92 Å². The van der Waals surface area contributed by atoms with Crippen LogP contribution in [0.1, 0.15) is 27.2 Å². The Morgan fingerprint density at radius 1 is 1.36 bits per heavy atom. The minimum atomic E-state index is -1.01. The third kappa shape index (κ3) is 5.40. The number of carbonyl (C=O) groups excluding carboxylic acids is 1. The van der Waals surface area contributed by atoms with Crippen LogP contribution in [-0.2, 0) is 4.79 Å². The van der Waals surface area contributed by atoms with E-state index >= 15 is 0 Å². The Kier molecular flexibility index (Phi) is 5.67. The zero-order valence-corrected chi connectivity index (χ0v) is 8.83. The molecule has 0 aliphatic rings. The van der Waals surface area contributed by atoms with Gasteiger partial charge in [0, 0.05) is 6.54 Å². The van der Waals surface area contributed by atoms with Crippen molar-refractivity contribution < 1.29 is 14.7 Å². The van der Waals surface area contributed by atoms with Gasteiger partial charge in [0.15, 0.2) is 0 Å². The first kappa shape index (κ1) is 12.7. The van der Waals surface area contributed by atoms with Crippen molar-refractivity contribution in [2.24, 2.45) is 5.92 Å². The fourth-order valence-corrected chi connectivity index (χ4v) is 0.845. The lowest BCUT2D eigenvalue weighted by atomic mass is 10.2. The van der Waals surface area contributed by atoms with Gasteiger partial charge in [-0.2, -0.15) is 0 Å². The lowest BCUT2D eigenvalue weighted by molar-refractivity contribution is -0.139. The van der Waals surface area contributed by atoms with Gasteiger partial charge in [0.05, 0.1) is 0 Å². The smallest absolute Gasteiger partial charge is 0.326 e. The highest BCUT2D eigenvalue weighted by atomic mass is 16.4. The average molecular weight is 202 g/mol. The number of carboxylic acid groups (broad SMARTS) is 1. The Hall–Kier alpha value is -1.26. The first-order valence-electron chi connectivity index (χ1n) is 4.74. The molecule has 5 nitrogen and oxygen atoms in total. The van der Waals surface area contributed by atoms with E-state index in [1.54, 1.807) is 6.92 Å². The Morgan fingerprint density at radius 2 is 1.93 bits per heavy atom. The molecule has 1 atom stereocenters. The van der Waals surface area contributed by atoms with E-state index in [2.05, 4.69) is 10.6 Å². The van der Waals surface area contributed by atoms with Gasteiger partial charge in [0.1, 0.15) is 6.04 Å². The van der Waals surface area contributed by atoms with Crippen molar-refractivity contribution in [2.45, 2.75) is 33.2 Å². The third-order valence-corrected chi connectivity index (χ3v) is 1.68. The highest BCUT2D eigenvalue weighted by molar-refractivity contribution is 5.82. The molecular weight excluding hydrogens is 184 g/mol. The number of amides is 2. The number of rotatable bonds is 5. The number of carboxylic acids is 1. The van der Waals surface area contributed by atoms with Crippen molar-refractivity contribution in [1.82, 2.24) is 10.6 Å². The van der Waals surface area contributed by atoms with Crippen molar-refractivity contribution in [3.8, 4) is 0 Å². The second kappa shape index (κ2) is 6.23. The SMILES string of the molecule is CC[C@H](NC(=O)NCC(C)C)C(=O)O. The number of hydrogen-bond donors (Lipinski definition) is 3. The topological polar surface area (TPSA) is 78.4 Å². The van der Waals surface area contributed by atoms with Crippen molar-refractivity contribution in [3.05, 3.63) is 0 Å². The lowest BCUT2D eigenvalue weighted by Crippen LogP contribution is -2.46. The molecule has 0 aromatic heterocycles. The summed E-state index contributed by atoms with van der Waals surface area (Å²) in [7, 11) is 0. The van der Waals surface area contributed by atoms with Crippen LogP contribution in [-0.4, -0.2) is 29.7 Å². The van der Waals surface area contributed by atoms with Gasteiger partial charge >= 0.3 is 12.0 Å². The molecule has 2 amide bonds. The molecule has 0 rings (SSSR count). The van der Waals surface area contributed by atoms with Gasteiger partial charge in [0.25, 0.3) is 0 Å². The number of urea groups is 1. The van der Waals surface area contributed by atoms with E-state index in [4.69, 9.17) is 5.11 Å². The quantitative estimate of drug-likeness (QED) is 0.617. The maximum absolute atomic E-state index is 11.1. The van der Waals surface area contributed by atoms with Crippen LogP contribution in [0.25, 0.3) is 0 Å². The molecule has 0 aromatic rings. The Bertz CT molecular complexity index is 204. The third-order valence-electron chi connectivity index (χ3n) is 1.68. The molecule has 0 bridgehead atoms. The van der Waals surface area contributed by atoms with E-state index in [1.807, 2.05) is 13.8 Å². The minimum Gasteiger partial charge on any atom is -0.480 e. The summed E-state index contributed by atoms with van der Waals surface area (Å²) in [5.41, 5.74) is 0. The summed E-state index contributed by atoms with van der Waals surface area (Å²) >= 11 is 0. The van der Waals surface area contributed by atoms with Crippen LogP contribution in [0.15, 0.2) is 0 Å². The monoisotopic (exact) mass is 202 g/mol. The molecule has 0 saturated carbocycles. The molecule has 0 heterocycles. The molecule has 0 spiro atoms. The number of hydrogen-bond acceptors (Lipinski definition) is 2. The van der Waals surface area contributed by atoms with E-state index < -0.39 is 18.0 Å². The second-order valence-electron chi connectivity index (χ2n) is 3.55. The van der Waals surface area contributed by atoms with Crippen LogP contribution < -0.4 is 10.6 Å². The summed E-state index contributed by atoms with van der Waals surface area (Å²) in [6, 6.07) is -1.23. The number of aliphatic carboxylic acids is 1. The number of nitrogens with one attached hydrogen (secondary N) is 2. The molecule has 14 heavy (non-hydrogen) atoms. The second-order valence-corrected chi connectivity index (χ2v) is 3.55. The molecule has 0 aromatic carbocycles. The Balaban J connectivity index is 3.85. The summed E-state index contributed by atoms with van der Waals surface area (Å²) in [5.74, 6) is -0.655. The predicted molar refractivity (Wildman–Crippen MR) is 53.1 cm³/mol. The van der Waals surface area contributed by atoms with Gasteiger partial charge in [-0.3, -0.25) is 0 Å². The van der Waals surface area contributed by atoms with Gasteiger partial charge < -0.3 is 15.7 Å². The summed E-state index contributed by atoms with van der Waals surface area (Å²) in [6.45, 7) is 6.19. The van der Waals surface area contributed by atoms with Crippen molar-refractivity contribution in [1.29, 1.82) is 0 Å². The molecule has 82 valence electrons. The van der Waals surface area contributed by atoms with E-state index in [0.29, 0.717) is 18.9 Å². The van der Waals surface area contributed by atoms with E-state index in [-0.39, 0.29) is 0 Å². The summed E-state index contributed by atoms with van der Waals surface area (Å²) < 4.78 is 0. The van der Waals surface area contributed by atoms with E-state index in [0.717, 1.165) is 0 Å². The minimum absolute atomic E-state index is 0.352.